The number of hydrogen-bond acceptors (Lipinski definition) is 21. The molecule has 2 unspecified atom stereocenters. The first-order chi connectivity index (χ1) is 46.3. The number of nitrogens with zero attached hydrogens (tertiary/aromatic N) is 15. The molecule has 6 N–H and O–H groups in total. The van der Waals surface area contributed by atoms with E-state index in [1.54, 1.807) is 19.0 Å². The summed E-state index contributed by atoms with van der Waals surface area (Å²) < 4.78 is 19.5. The number of pyridine rings is 3. The van der Waals surface area contributed by atoms with Crippen LogP contribution in [0.4, 0.5) is 17.5 Å². The Labute approximate surface area is 552 Å². The molecular weight excluding hydrogens is 1190 g/mol. The molecule has 24 nitrogen and oxygen atoms in total. The molecule has 95 heavy (non-hydrogen) atoms. The lowest BCUT2D eigenvalue weighted by Crippen LogP contribution is -2.41. The number of anilines is 3. The van der Waals surface area contributed by atoms with Gasteiger partial charge in [0.1, 0.15) is 53.8 Å². The molecule has 0 aliphatic carbocycles. The zero-order valence-corrected chi connectivity index (χ0v) is 55.7. The lowest BCUT2D eigenvalue weighted by molar-refractivity contribution is 0.0822. The van der Waals surface area contributed by atoms with Crippen molar-refractivity contribution in [2.75, 3.05) is 68.8 Å². The molecule has 3 aromatic carbocycles. The quantitative estimate of drug-likeness (QED) is 0.0494. The van der Waals surface area contributed by atoms with Crippen molar-refractivity contribution in [1.29, 1.82) is 0 Å². The van der Waals surface area contributed by atoms with Gasteiger partial charge >= 0.3 is 0 Å². The molecule has 0 radical (unpaired) electrons. The maximum absolute atomic E-state index is 6.53. The second kappa shape index (κ2) is 28.8. The first kappa shape index (κ1) is 64.0. The van der Waals surface area contributed by atoms with Crippen molar-refractivity contribution in [2.24, 2.45) is 0 Å². The van der Waals surface area contributed by atoms with Crippen LogP contribution in [-0.4, -0.2) is 167 Å². The number of aryl methyl sites for hydroxylation is 3. The normalized spacial score (nSPS) is 16.2. The Bertz CT molecular complexity index is 4590. The number of hydrogen-bond donors (Lipinski definition) is 6. The Hall–Kier alpha value is -9.78. The van der Waals surface area contributed by atoms with Gasteiger partial charge in [-0.15, -0.1) is 0 Å². The van der Waals surface area contributed by atoms with Gasteiger partial charge in [-0.05, 0) is 152 Å². The Morgan fingerprint density at radius 3 is 1.33 bits per heavy atom. The van der Waals surface area contributed by atoms with Gasteiger partial charge in [0.05, 0.1) is 54.7 Å². The fraction of sp³-hybridized carbons (Fsp3) is 0.408. The molecule has 492 valence electrons. The van der Waals surface area contributed by atoms with E-state index in [1.807, 2.05) is 0 Å². The summed E-state index contributed by atoms with van der Waals surface area (Å²) in [7, 11) is 2.16. The van der Waals surface area contributed by atoms with Crippen LogP contribution in [0.25, 0.3) is 65.8 Å². The minimum atomic E-state index is -0.0781. The van der Waals surface area contributed by atoms with Crippen molar-refractivity contribution < 1.29 is 14.2 Å². The van der Waals surface area contributed by atoms with Gasteiger partial charge < -0.3 is 59.8 Å². The van der Waals surface area contributed by atoms with E-state index < -0.39 is 0 Å². The van der Waals surface area contributed by atoms with Gasteiger partial charge in [0.25, 0.3) is 0 Å². The Balaban J connectivity index is 0.000000129. The molecule has 2 atom stereocenters. The molecular formula is C71H85N21O3. The zero-order chi connectivity index (χ0) is 65.5. The smallest absolute Gasteiger partial charge is 0.222 e. The first-order valence-electron chi connectivity index (χ1n) is 33.3. The maximum Gasteiger partial charge on any atom is 0.222 e. The number of piperidine rings is 3. The van der Waals surface area contributed by atoms with E-state index in [0.29, 0.717) is 47.0 Å². The minimum Gasteiger partial charge on any atom is -0.474 e. The average molecular weight is 1280 g/mol. The molecule has 0 amide bonds. The van der Waals surface area contributed by atoms with E-state index in [1.165, 1.54) is 35.7 Å². The van der Waals surface area contributed by atoms with E-state index >= 15 is 0 Å². The number of benzene rings is 3. The van der Waals surface area contributed by atoms with Crippen LogP contribution in [0.3, 0.4) is 0 Å². The second-order valence-electron chi connectivity index (χ2n) is 25.5. The molecule has 12 aromatic rings. The van der Waals surface area contributed by atoms with Gasteiger partial charge in [-0.3, -0.25) is 0 Å². The first-order valence-corrected chi connectivity index (χ1v) is 33.3. The van der Waals surface area contributed by atoms with Crippen molar-refractivity contribution in [3.05, 3.63) is 145 Å². The lowest BCUT2D eigenvalue weighted by Gasteiger charge is -2.34. The molecule has 24 heteroatoms. The van der Waals surface area contributed by atoms with Gasteiger partial charge in [0, 0.05) is 61.5 Å². The van der Waals surface area contributed by atoms with E-state index in [2.05, 4.69) is 226 Å². The third-order valence-electron chi connectivity index (χ3n) is 18.6. The maximum atomic E-state index is 6.53. The highest BCUT2D eigenvalue weighted by Crippen LogP contribution is 2.36. The summed E-state index contributed by atoms with van der Waals surface area (Å²) in [5, 5.41) is 17.0. The Kier molecular flexibility index (Phi) is 19.4. The van der Waals surface area contributed by atoms with Crippen LogP contribution in [0.5, 0.6) is 17.6 Å². The number of aromatic nitrogens is 15. The number of rotatable bonds is 17. The van der Waals surface area contributed by atoms with Crippen LogP contribution in [0.1, 0.15) is 119 Å². The number of nitrogens with one attached hydrogen (secondary N) is 6. The highest BCUT2D eigenvalue weighted by atomic mass is 16.5. The molecule has 9 aromatic heterocycles. The number of aromatic amines is 3. The SMILES string of the molecule is CCN1CCC(Oc2nc(C(C)Nc3ncnc4nc[nH]c34)cc3cccc(C)c23)CC1.Cc1cccc2cc(C(C)Nc3ncnc4nc[nH]c34)nc(OC3CCN(C)CC3)c12.Cc1cccc2cc(CNc3ncnc4nc[nH]c34)nc(OC3CCN(C(C)C)CC3)c12. The Morgan fingerprint density at radius 1 is 0.484 bits per heavy atom. The van der Waals surface area contributed by atoms with Crippen LogP contribution in [-0.2, 0) is 6.54 Å². The predicted octanol–water partition coefficient (Wildman–Crippen LogP) is 12.2. The summed E-state index contributed by atoms with van der Waals surface area (Å²) in [4.78, 5) is 69.8. The summed E-state index contributed by atoms with van der Waals surface area (Å²) in [6.45, 7) is 25.2. The van der Waals surface area contributed by atoms with Crippen LogP contribution >= 0.6 is 0 Å². The monoisotopic (exact) mass is 1280 g/mol. The van der Waals surface area contributed by atoms with Crippen molar-refractivity contribution >= 4 is 83.3 Å². The molecule has 0 bridgehead atoms. The molecule has 3 fully saturated rings. The van der Waals surface area contributed by atoms with Crippen LogP contribution in [0.2, 0.25) is 0 Å². The van der Waals surface area contributed by atoms with Crippen molar-refractivity contribution in [3.63, 3.8) is 0 Å². The Morgan fingerprint density at radius 2 is 0.884 bits per heavy atom. The summed E-state index contributed by atoms with van der Waals surface area (Å²) in [6, 6.07) is 25.8. The topological polar surface area (TPSA) is 276 Å². The molecule has 12 heterocycles. The van der Waals surface area contributed by atoms with Gasteiger partial charge in [0.15, 0.2) is 34.4 Å². The van der Waals surface area contributed by atoms with Gasteiger partial charge in [-0.2, -0.15) is 0 Å². The van der Waals surface area contributed by atoms with Crippen LogP contribution < -0.4 is 30.2 Å². The van der Waals surface area contributed by atoms with Gasteiger partial charge in [-0.25, -0.2) is 59.8 Å². The number of imidazole rings is 3. The van der Waals surface area contributed by atoms with Crippen molar-refractivity contribution in [1.82, 2.24) is 89.5 Å². The van der Waals surface area contributed by atoms with E-state index in [9.17, 15) is 0 Å². The lowest BCUT2D eigenvalue weighted by atomic mass is 10.0. The largest absolute Gasteiger partial charge is 0.474 e. The zero-order valence-electron chi connectivity index (χ0n) is 55.7. The fourth-order valence-corrected chi connectivity index (χ4v) is 13.0. The summed E-state index contributed by atoms with van der Waals surface area (Å²) >= 11 is 0. The summed E-state index contributed by atoms with van der Waals surface area (Å²) in [5.74, 6) is 4.31. The summed E-state index contributed by atoms with van der Waals surface area (Å²) in [6.07, 6.45) is 16.1. The van der Waals surface area contributed by atoms with Crippen LogP contribution in [0, 0.1) is 20.8 Å². The third-order valence-corrected chi connectivity index (χ3v) is 18.6. The second-order valence-corrected chi connectivity index (χ2v) is 25.5. The number of fused-ring (bicyclic) bond motifs is 6. The van der Waals surface area contributed by atoms with Gasteiger partial charge in [0.2, 0.25) is 17.6 Å². The highest BCUT2D eigenvalue weighted by molar-refractivity contribution is 5.93. The fourth-order valence-electron chi connectivity index (χ4n) is 13.0. The molecule has 0 saturated carbocycles. The van der Waals surface area contributed by atoms with Crippen molar-refractivity contribution in [3.8, 4) is 17.6 Å². The van der Waals surface area contributed by atoms with E-state index in [4.69, 9.17) is 29.2 Å². The van der Waals surface area contributed by atoms with E-state index in [-0.39, 0.29) is 30.4 Å². The average Bonchev–Trinajstić information content (AvgIpc) is 1.52. The van der Waals surface area contributed by atoms with Gasteiger partial charge in [-0.1, -0.05) is 61.5 Å². The number of ether oxygens (including phenoxy) is 3. The van der Waals surface area contributed by atoms with Crippen LogP contribution in [0.15, 0.2) is 111 Å². The third kappa shape index (κ3) is 14.6. The molecule has 3 aliphatic heterocycles. The van der Waals surface area contributed by atoms with Crippen molar-refractivity contribution in [2.45, 2.75) is 137 Å². The van der Waals surface area contributed by atoms with E-state index in [0.717, 1.165) is 168 Å². The number of likely N-dealkylation sites (tertiary alicyclic amines) is 3. The standard InChI is InChI=1S/2C24H29N7O.C23H27N7O/c1-15(2)31-9-7-19(8-10-31)32-24-20-16(3)5-4-6-17(20)11-18(30-24)12-25-22-21-23(27-13-26-21)29-14-28-22;1-4-31-10-8-18(9-11-31)32-24-20-15(2)6-5-7-17(20)12-19(30-24)16(3)29-23-21-22(26-13-25-21)27-14-28-23;1-14-5-4-6-16-11-18(15(2)28-22-20-21(25-12-24-20)26-13-27-22)29-23(19(14)16)31-17-7-9-30(3)10-8-17/h4-6,11,13-15,19H,7-10,12H2,1-3H3,(H2,25,26,27,28,29);5-7,12-14,16,18H,4,8-11H2,1-3H3,(H2,25,26,27,28,29);4-6,11-13,15,17H,7-10H2,1-3H3,(H2,24,25,26,27,28). The summed E-state index contributed by atoms with van der Waals surface area (Å²) in [5.41, 5.74) is 10.5. The molecule has 3 aliphatic rings. The number of H-pyrrole nitrogens is 3. The minimum absolute atomic E-state index is 0.0776. The molecule has 0 spiro atoms. The molecule has 3 saturated heterocycles. The highest BCUT2D eigenvalue weighted by Gasteiger charge is 2.27. The predicted molar refractivity (Wildman–Crippen MR) is 373 cm³/mol. The molecule has 15 rings (SSSR count).